The van der Waals surface area contributed by atoms with Gasteiger partial charge in [0.2, 0.25) is 0 Å². The van der Waals surface area contributed by atoms with Crippen LogP contribution in [0.1, 0.15) is 28.4 Å². The topological polar surface area (TPSA) is 17.1 Å². The summed E-state index contributed by atoms with van der Waals surface area (Å²) >= 11 is 1.71. The van der Waals surface area contributed by atoms with Crippen LogP contribution in [-0.4, -0.2) is 12.0 Å². The summed E-state index contributed by atoms with van der Waals surface area (Å²) in [5, 5.41) is 0. The third-order valence-electron chi connectivity index (χ3n) is 3.16. The summed E-state index contributed by atoms with van der Waals surface area (Å²) in [7, 11) is 0. The summed E-state index contributed by atoms with van der Waals surface area (Å²) in [5.41, 5.74) is 2.98. The number of carbonyl (C=O) groups excluding carboxylic acids is 1. The molecule has 0 amide bonds. The molecule has 0 saturated carbocycles. The number of thioether (sulfide) groups is 1. The minimum absolute atomic E-state index is 0.0502. The number of aryl methyl sites for hydroxylation is 1. The lowest BCUT2D eigenvalue weighted by atomic mass is 10.0. The van der Waals surface area contributed by atoms with Crippen molar-refractivity contribution in [2.24, 2.45) is 0 Å². The van der Waals surface area contributed by atoms with Gasteiger partial charge in [0.15, 0.2) is 5.78 Å². The smallest absolute Gasteiger partial charge is 0.185 e. The van der Waals surface area contributed by atoms with E-state index in [4.69, 9.17) is 0 Å². The first-order valence-corrected chi connectivity index (χ1v) is 7.91. The summed E-state index contributed by atoms with van der Waals surface area (Å²) in [6.45, 7) is 2.09. The van der Waals surface area contributed by atoms with Gasteiger partial charge < -0.3 is 0 Å². The molecule has 0 aliphatic carbocycles. The van der Waals surface area contributed by atoms with Gasteiger partial charge in [0, 0.05) is 10.5 Å². The SMILES string of the molecule is CCc1cccc(C(=O)C=Cc2ccc(SC)cc2)c1. The van der Waals surface area contributed by atoms with Crippen LogP contribution >= 0.6 is 11.8 Å². The largest absolute Gasteiger partial charge is 0.289 e. The standard InChI is InChI=1S/C18H18OS/c1-3-14-5-4-6-16(13-14)18(19)12-9-15-7-10-17(20-2)11-8-15/h4-13H,3H2,1-2H3. The average Bonchev–Trinajstić information content (AvgIpc) is 2.53. The number of allylic oxidation sites excluding steroid dienone is 1. The molecule has 0 heterocycles. The van der Waals surface area contributed by atoms with Gasteiger partial charge in [0.25, 0.3) is 0 Å². The number of benzene rings is 2. The average molecular weight is 282 g/mol. The molecule has 1 nitrogen and oxygen atoms in total. The molecule has 0 radical (unpaired) electrons. The highest BCUT2D eigenvalue weighted by Gasteiger charge is 2.02. The summed E-state index contributed by atoms with van der Waals surface area (Å²) in [6, 6.07) is 16.0. The Morgan fingerprint density at radius 2 is 1.90 bits per heavy atom. The molecular weight excluding hydrogens is 264 g/mol. The molecule has 0 aliphatic heterocycles. The van der Waals surface area contributed by atoms with E-state index in [1.54, 1.807) is 17.8 Å². The molecule has 2 rings (SSSR count). The highest BCUT2D eigenvalue weighted by Crippen LogP contribution is 2.16. The second kappa shape index (κ2) is 7.11. The maximum atomic E-state index is 12.1. The fourth-order valence-electron chi connectivity index (χ4n) is 1.93. The van der Waals surface area contributed by atoms with Crippen molar-refractivity contribution in [1.82, 2.24) is 0 Å². The molecule has 0 atom stereocenters. The molecule has 0 N–H and O–H groups in total. The van der Waals surface area contributed by atoms with Crippen LogP contribution in [0.2, 0.25) is 0 Å². The Bertz CT molecular complexity index is 612. The lowest BCUT2D eigenvalue weighted by Gasteiger charge is -2.00. The molecule has 0 unspecified atom stereocenters. The Kier molecular flexibility index (Phi) is 5.19. The van der Waals surface area contributed by atoms with Crippen LogP contribution in [0.5, 0.6) is 0 Å². The lowest BCUT2D eigenvalue weighted by Crippen LogP contribution is -1.95. The van der Waals surface area contributed by atoms with E-state index in [0.717, 1.165) is 17.5 Å². The van der Waals surface area contributed by atoms with Crippen LogP contribution in [0.25, 0.3) is 6.08 Å². The van der Waals surface area contributed by atoms with Crippen LogP contribution in [0, 0.1) is 0 Å². The second-order valence-corrected chi connectivity index (χ2v) is 5.40. The Hall–Kier alpha value is -1.80. The predicted octanol–water partition coefficient (Wildman–Crippen LogP) is 4.87. The van der Waals surface area contributed by atoms with Gasteiger partial charge in [-0.1, -0.05) is 43.3 Å². The van der Waals surface area contributed by atoms with E-state index in [2.05, 4.69) is 25.3 Å². The van der Waals surface area contributed by atoms with Crippen LogP contribution in [0.4, 0.5) is 0 Å². The molecular formula is C18H18OS. The molecule has 2 aromatic carbocycles. The molecule has 2 heteroatoms. The minimum Gasteiger partial charge on any atom is -0.289 e. The summed E-state index contributed by atoms with van der Waals surface area (Å²) < 4.78 is 0. The molecule has 0 spiro atoms. The first kappa shape index (κ1) is 14.6. The Morgan fingerprint density at radius 3 is 2.55 bits per heavy atom. The molecule has 0 bridgehead atoms. The number of ketones is 1. The number of hydrogen-bond donors (Lipinski definition) is 0. The van der Waals surface area contributed by atoms with Crippen LogP contribution in [-0.2, 0) is 6.42 Å². The summed E-state index contributed by atoms with van der Waals surface area (Å²) in [6.07, 6.45) is 6.50. The van der Waals surface area contributed by atoms with Crippen molar-refractivity contribution in [3.05, 3.63) is 71.3 Å². The van der Waals surface area contributed by atoms with Gasteiger partial charge in [-0.05, 0) is 48.1 Å². The quantitative estimate of drug-likeness (QED) is 0.442. The van der Waals surface area contributed by atoms with Crippen LogP contribution < -0.4 is 0 Å². The Labute approximate surface area is 124 Å². The summed E-state index contributed by atoms with van der Waals surface area (Å²) in [5.74, 6) is 0.0502. The highest BCUT2D eigenvalue weighted by atomic mass is 32.2. The summed E-state index contributed by atoms with van der Waals surface area (Å²) in [4.78, 5) is 13.3. The van der Waals surface area contributed by atoms with Gasteiger partial charge in [0.1, 0.15) is 0 Å². The molecule has 0 aliphatic rings. The normalized spacial score (nSPS) is 10.9. The van der Waals surface area contributed by atoms with Gasteiger partial charge in [-0.15, -0.1) is 11.8 Å². The fraction of sp³-hybridized carbons (Fsp3) is 0.167. The van der Waals surface area contributed by atoms with Gasteiger partial charge in [-0.25, -0.2) is 0 Å². The third-order valence-corrected chi connectivity index (χ3v) is 3.91. The Morgan fingerprint density at radius 1 is 1.15 bits per heavy atom. The van der Waals surface area contributed by atoms with Crippen LogP contribution in [0.15, 0.2) is 59.5 Å². The van der Waals surface area contributed by atoms with E-state index in [1.165, 1.54) is 10.5 Å². The van der Waals surface area contributed by atoms with Crippen molar-refractivity contribution in [2.75, 3.05) is 6.26 Å². The zero-order valence-corrected chi connectivity index (χ0v) is 12.6. The first-order chi connectivity index (χ1) is 9.72. The molecule has 2 aromatic rings. The second-order valence-electron chi connectivity index (χ2n) is 4.52. The van der Waals surface area contributed by atoms with Gasteiger partial charge in [-0.3, -0.25) is 4.79 Å². The highest BCUT2D eigenvalue weighted by molar-refractivity contribution is 7.98. The van der Waals surface area contributed by atoms with Gasteiger partial charge in [0.05, 0.1) is 0 Å². The van der Waals surface area contributed by atoms with E-state index in [0.29, 0.717) is 0 Å². The maximum absolute atomic E-state index is 12.1. The maximum Gasteiger partial charge on any atom is 0.185 e. The van der Waals surface area contributed by atoms with E-state index < -0.39 is 0 Å². The van der Waals surface area contributed by atoms with Crippen molar-refractivity contribution in [1.29, 1.82) is 0 Å². The van der Waals surface area contributed by atoms with Gasteiger partial charge in [-0.2, -0.15) is 0 Å². The number of rotatable bonds is 5. The minimum atomic E-state index is 0.0502. The number of carbonyl (C=O) groups is 1. The zero-order chi connectivity index (χ0) is 14.4. The fourth-order valence-corrected chi connectivity index (χ4v) is 2.34. The van der Waals surface area contributed by atoms with Crippen molar-refractivity contribution in [3.63, 3.8) is 0 Å². The monoisotopic (exact) mass is 282 g/mol. The molecule has 0 saturated heterocycles. The third kappa shape index (κ3) is 3.84. The van der Waals surface area contributed by atoms with Crippen molar-refractivity contribution in [3.8, 4) is 0 Å². The van der Waals surface area contributed by atoms with Crippen molar-refractivity contribution < 1.29 is 4.79 Å². The van der Waals surface area contributed by atoms with Crippen molar-refractivity contribution >= 4 is 23.6 Å². The van der Waals surface area contributed by atoms with E-state index in [-0.39, 0.29) is 5.78 Å². The molecule has 20 heavy (non-hydrogen) atoms. The zero-order valence-electron chi connectivity index (χ0n) is 11.8. The molecule has 0 aromatic heterocycles. The van der Waals surface area contributed by atoms with E-state index >= 15 is 0 Å². The first-order valence-electron chi connectivity index (χ1n) is 6.68. The molecule has 0 fully saturated rings. The van der Waals surface area contributed by atoms with Crippen LogP contribution in [0.3, 0.4) is 0 Å². The lowest BCUT2D eigenvalue weighted by molar-refractivity contribution is 0.104. The van der Waals surface area contributed by atoms with Crippen molar-refractivity contribution in [2.45, 2.75) is 18.2 Å². The Balaban J connectivity index is 2.11. The number of hydrogen-bond acceptors (Lipinski definition) is 2. The van der Waals surface area contributed by atoms with Gasteiger partial charge >= 0.3 is 0 Å². The predicted molar refractivity (Wildman–Crippen MR) is 87.4 cm³/mol. The molecule has 102 valence electrons. The van der Waals surface area contributed by atoms with E-state index in [9.17, 15) is 4.79 Å². The van der Waals surface area contributed by atoms with E-state index in [1.807, 2.05) is 42.5 Å².